The second kappa shape index (κ2) is 14.2. The van der Waals surface area contributed by atoms with Crippen LogP contribution in [-0.2, 0) is 28.7 Å². The number of alkyl halides is 1. The number of rotatable bonds is 14. The van der Waals surface area contributed by atoms with Crippen LogP contribution in [0.3, 0.4) is 0 Å². The monoisotopic (exact) mass is 687 g/mol. The normalized spacial score (nSPS) is 28.8. The topological polar surface area (TPSA) is 117 Å². The van der Waals surface area contributed by atoms with E-state index >= 15 is 0 Å². The number of likely N-dealkylation sites (N-methyl/N-ethyl adjacent to an activating group) is 1. The molecule has 3 heterocycles. The molecule has 0 saturated carbocycles. The number of aliphatic hydroxyl groups is 1. The first-order valence-electron chi connectivity index (χ1n) is 15.6. The summed E-state index contributed by atoms with van der Waals surface area (Å²) in [6, 6.07) is 6.75. The molecule has 3 fully saturated rings. The third-order valence-electron chi connectivity index (χ3n) is 9.58. The van der Waals surface area contributed by atoms with Crippen LogP contribution in [0.4, 0.5) is 0 Å². The number of hydrogen-bond donors (Lipinski definition) is 1. The van der Waals surface area contributed by atoms with Crippen LogP contribution in [0.2, 0.25) is 0 Å². The second-order valence-corrected chi connectivity index (χ2v) is 13.8. The third kappa shape index (κ3) is 6.23. The molecule has 0 radical (unpaired) electrons. The molecule has 45 heavy (non-hydrogen) atoms. The molecule has 1 aromatic carbocycles. The van der Waals surface area contributed by atoms with Gasteiger partial charge in [0, 0.05) is 30.9 Å². The van der Waals surface area contributed by atoms with Crippen LogP contribution in [0.15, 0.2) is 55.6 Å². The van der Waals surface area contributed by atoms with Gasteiger partial charge in [0.05, 0.1) is 36.6 Å². The van der Waals surface area contributed by atoms with Gasteiger partial charge in [0.1, 0.15) is 17.7 Å². The fourth-order valence-corrected chi connectivity index (χ4v) is 8.10. The summed E-state index contributed by atoms with van der Waals surface area (Å²) < 4.78 is 12.9. The lowest BCUT2D eigenvalue weighted by Crippen LogP contribution is -2.59. The zero-order chi connectivity index (χ0) is 33.2. The summed E-state index contributed by atoms with van der Waals surface area (Å²) in [5.41, 5.74) is -0.589. The van der Waals surface area contributed by atoms with Crippen molar-refractivity contribution in [3.05, 3.63) is 61.2 Å². The quantitative estimate of drug-likeness (QED) is 0.180. The van der Waals surface area contributed by atoms with E-state index in [0.29, 0.717) is 18.4 Å². The van der Waals surface area contributed by atoms with Gasteiger partial charge in [-0.25, -0.2) is 0 Å². The van der Waals surface area contributed by atoms with E-state index in [2.05, 4.69) is 29.1 Å². The van der Waals surface area contributed by atoms with Gasteiger partial charge in [0.2, 0.25) is 17.7 Å². The van der Waals surface area contributed by atoms with E-state index in [-0.39, 0.29) is 42.3 Å². The molecule has 4 rings (SSSR count). The highest BCUT2D eigenvalue weighted by atomic mass is 79.9. The van der Waals surface area contributed by atoms with Crippen LogP contribution in [0, 0.1) is 11.8 Å². The number of ether oxygens (including phenoxy) is 2. The maximum Gasteiger partial charge on any atom is 0.313 e. The highest BCUT2D eigenvalue weighted by Gasteiger charge is 2.77. The first kappa shape index (κ1) is 34.8. The maximum absolute atomic E-state index is 14.3. The number of benzene rings is 1. The Hall–Kier alpha value is -3.02. The van der Waals surface area contributed by atoms with Crippen molar-refractivity contribution >= 4 is 39.6 Å². The number of halogens is 1. The third-order valence-corrected chi connectivity index (χ3v) is 10.4. The molecule has 0 aromatic heterocycles. The standard InChI is InChI=1S/C34H46BrN3O7/c1-8-10-16-25(40)36(7)22(6)28(23-14-12-11-13-15-23)44-33(43)26-27-31(41)38(21(5)19-39)30(32(42)37(17-9-2)20(3)4)34(27)18-24(35)29(26)45-34/h8-9,11-15,20-22,24,26-30,39H,1-2,10,16-19H2,3-7H3/t21-,22+,24?,26+,27-,28-,29+,30+,34-/m1/s1. The largest absolute Gasteiger partial charge is 0.455 e. The van der Waals surface area contributed by atoms with Crippen molar-refractivity contribution in [2.24, 2.45) is 11.8 Å². The number of nitrogens with zero attached hydrogens (tertiary/aromatic N) is 3. The minimum atomic E-state index is -1.29. The van der Waals surface area contributed by atoms with E-state index in [1.165, 1.54) is 4.90 Å². The SMILES string of the molecule is C=CCCC(=O)N(C)[C@@H](C)[C@@H](OC(=O)[C@@H]1[C@H]2O[C@@]3(CC2Br)[C@H](C(=O)N(CC=C)C(C)C)N([C@H](C)CO)C(=O)[C@@H]13)c1ccccc1. The Bertz CT molecular complexity index is 1290. The molecule has 3 aliphatic heterocycles. The summed E-state index contributed by atoms with van der Waals surface area (Å²) in [6.07, 6.45) is 2.91. The molecular formula is C34H46BrN3O7. The molecule has 3 saturated heterocycles. The number of allylic oxidation sites excluding steroid dienone is 1. The summed E-state index contributed by atoms with van der Waals surface area (Å²) in [7, 11) is 1.68. The summed E-state index contributed by atoms with van der Waals surface area (Å²) in [5, 5.41) is 10.2. The van der Waals surface area contributed by atoms with E-state index in [0.717, 1.165) is 0 Å². The fraction of sp³-hybridized carbons (Fsp3) is 0.588. The van der Waals surface area contributed by atoms with Crippen LogP contribution in [0.5, 0.6) is 0 Å². The molecule has 10 nitrogen and oxygen atoms in total. The highest BCUT2D eigenvalue weighted by Crippen LogP contribution is 2.61. The van der Waals surface area contributed by atoms with Crippen molar-refractivity contribution in [1.82, 2.24) is 14.7 Å². The number of aliphatic hydroxyl groups excluding tert-OH is 1. The van der Waals surface area contributed by atoms with Crippen molar-refractivity contribution in [2.75, 3.05) is 20.2 Å². The van der Waals surface area contributed by atoms with Gasteiger partial charge in [-0.3, -0.25) is 19.2 Å². The van der Waals surface area contributed by atoms with E-state index in [4.69, 9.17) is 9.47 Å². The van der Waals surface area contributed by atoms with Crippen LogP contribution in [0.1, 0.15) is 58.6 Å². The van der Waals surface area contributed by atoms with Gasteiger partial charge in [-0.2, -0.15) is 0 Å². The van der Waals surface area contributed by atoms with E-state index in [9.17, 15) is 24.3 Å². The van der Waals surface area contributed by atoms with Crippen molar-refractivity contribution in [1.29, 1.82) is 0 Å². The molecule has 1 spiro atoms. The predicted molar refractivity (Wildman–Crippen MR) is 173 cm³/mol. The van der Waals surface area contributed by atoms with Gasteiger partial charge in [-0.1, -0.05) is 58.4 Å². The predicted octanol–water partition coefficient (Wildman–Crippen LogP) is 3.64. The second-order valence-electron chi connectivity index (χ2n) is 12.7. The lowest BCUT2D eigenvalue weighted by atomic mass is 9.70. The van der Waals surface area contributed by atoms with Crippen LogP contribution in [0.25, 0.3) is 0 Å². The molecule has 2 bridgehead atoms. The Morgan fingerprint density at radius 2 is 1.84 bits per heavy atom. The molecule has 9 atom stereocenters. The molecule has 11 heteroatoms. The molecule has 246 valence electrons. The molecule has 1 unspecified atom stereocenters. The van der Waals surface area contributed by atoms with Gasteiger partial charge in [-0.05, 0) is 46.1 Å². The Kier molecular flexibility index (Phi) is 11.0. The van der Waals surface area contributed by atoms with Crippen molar-refractivity contribution < 1.29 is 33.8 Å². The lowest BCUT2D eigenvalue weighted by Gasteiger charge is -2.39. The minimum Gasteiger partial charge on any atom is -0.455 e. The van der Waals surface area contributed by atoms with Crippen molar-refractivity contribution in [3.8, 4) is 0 Å². The number of fused-ring (bicyclic) bond motifs is 1. The minimum absolute atomic E-state index is 0.114. The number of esters is 1. The average Bonchev–Trinajstić information content (AvgIpc) is 3.63. The van der Waals surface area contributed by atoms with E-state index in [1.54, 1.807) is 35.9 Å². The number of carbonyl (C=O) groups is 4. The molecule has 1 aromatic rings. The van der Waals surface area contributed by atoms with Gasteiger partial charge >= 0.3 is 5.97 Å². The van der Waals surface area contributed by atoms with Crippen molar-refractivity contribution in [3.63, 3.8) is 0 Å². The Morgan fingerprint density at radius 3 is 2.42 bits per heavy atom. The fourth-order valence-electron chi connectivity index (χ4n) is 7.15. The first-order valence-corrected chi connectivity index (χ1v) is 16.6. The molecule has 0 aliphatic carbocycles. The first-order chi connectivity index (χ1) is 21.4. The van der Waals surface area contributed by atoms with Crippen LogP contribution >= 0.6 is 15.9 Å². The summed E-state index contributed by atoms with van der Waals surface area (Å²) >= 11 is 3.70. The van der Waals surface area contributed by atoms with E-state index in [1.807, 2.05) is 51.1 Å². The highest BCUT2D eigenvalue weighted by molar-refractivity contribution is 9.09. The molecular weight excluding hydrogens is 642 g/mol. The van der Waals surface area contributed by atoms with Crippen LogP contribution < -0.4 is 0 Å². The Labute approximate surface area is 274 Å². The van der Waals surface area contributed by atoms with Gasteiger partial charge < -0.3 is 29.3 Å². The molecule has 3 amide bonds. The number of hydrogen-bond acceptors (Lipinski definition) is 7. The van der Waals surface area contributed by atoms with Gasteiger partial charge in [0.15, 0.2) is 0 Å². The lowest BCUT2D eigenvalue weighted by molar-refractivity contribution is -0.165. The number of amides is 3. The summed E-state index contributed by atoms with van der Waals surface area (Å²) in [4.78, 5) is 60.1. The molecule has 3 aliphatic rings. The zero-order valence-corrected chi connectivity index (χ0v) is 28.4. The Balaban J connectivity index is 1.72. The summed E-state index contributed by atoms with van der Waals surface area (Å²) in [5.74, 6) is -3.46. The van der Waals surface area contributed by atoms with E-state index < -0.39 is 59.6 Å². The smallest absolute Gasteiger partial charge is 0.313 e. The average molecular weight is 689 g/mol. The maximum atomic E-state index is 14.3. The Morgan fingerprint density at radius 1 is 1.18 bits per heavy atom. The zero-order valence-electron chi connectivity index (χ0n) is 26.8. The molecule has 1 N–H and O–H groups in total. The van der Waals surface area contributed by atoms with Gasteiger partial charge in [0.25, 0.3) is 0 Å². The van der Waals surface area contributed by atoms with Gasteiger partial charge in [-0.15, -0.1) is 13.2 Å². The number of carbonyl (C=O) groups excluding carboxylic acids is 4. The number of likely N-dealkylation sites (tertiary alicyclic amines) is 1. The summed E-state index contributed by atoms with van der Waals surface area (Å²) in [6.45, 7) is 14.7. The van der Waals surface area contributed by atoms with Crippen molar-refractivity contribution in [2.45, 2.75) is 93.8 Å². The van der Waals surface area contributed by atoms with Crippen LogP contribution in [-0.4, -0.2) is 104 Å².